The summed E-state index contributed by atoms with van der Waals surface area (Å²) in [7, 11) is 0. The molecule has 0 saturated carbocycles. The molecule has 2 aromatic rings. The van der Waals surface area contributed by atoms with Gasteiger partial charge in [-0.3, -0.25) is 0 Å². The Bertz CT molecular complexity index is 520. The van der Waals surface area contributed by atoms with E-state index in [0.29, 0.717) is 11.7 Å². The molecule has 0 spiro atoms. The molecule has 0 aliphatic rings. The monoisotopic (exact) mass is 250 g/mol. The normalized spacial score (nSPS) is 11.7. The maximum Gasteiger partial charge on any atom is 0.152 e. The summed E-state index contributed by atoms with van der Waals surface area (Å²) in [6, 6.07) is 1.55. The molecule has 0 saturated heterocycles. The van der Waals surface area contributed by atoms with Crippen molar-refractivity contribution in [1.82, 2.24) is 14.6 Å². The van der Waals surface area contributed by atoms with Crippen LogP contribution in [0.3, 0.4) is 0 Å². The molecule has 2 heterocycles. The van der Waals surface area contributed by atoms with Crippen molar-refractivity contribution in [3.63, 3.8) is 0 Å². The molecule has 0 radical (unpaired) electrons. The average molecular weight is 250 g/mol. The lowest BCUT2D eigenvalue weighted by molar-refractivity contribution is 0.203. The first kappa shape index (κ1) is 12.8. The van der Waals surface area contributed by atoms with Gasteiger partial charge in [0.1, 0.15) is 5.52 Å². The number of anilines is 1. The minimum absolute atomic E-state index is 0.148. The molecule has 18 heavy (non-hydrogen) atoms. The number of aromatic nitrogens is 3. The smallest absolute Gasteiger partial charge is 0.152 e. The van der Waals surface area contributed by atoms with Crippen LogP contribution in [0.1, 0.15) is 25.5 Å². The summed E-state index contributed by atoms with van der Waals surface area (Å²) < 4.78 is 1.75. The number of nitrogens with one attached hydrogen (secondary N) is 1. The van der Waals surface area contributed by atoms with Gasteiger partial charge >= 0.3 is 0 Å². The predicted molar refractivity (Wildman–Crippen MR) is 68.7 cm³/mol. The Morgan fingerprint density at radius 3 is 2.67 bits per heavy atom. The van der Waals surface area contributed by atoms with E-state index >= 15 is 0 Å². The summed E-state index contributed by atoms with van der Waals surface area (Å²) in [6.45, 7) is 3.86. The third kappa shape index (κ3) is 2.44. The predicted octanol–water partition coefficient (Wildman–Crippen LogP) is 0.618. The molecule has 0 aromatic carbocycles. The van der Waals surface area contributed by atoms with E-state index in [-0.39, 0.29) is 13.2 Å². The second-order valence-corrected chi connectivity index (χ2v) is 4.54. The Hall–Kier alpha value is -1.66. The third-order valence-corrected chi connectivity index (χ3v) is 2.78. The molecule has 0 fully saturated rings. The van der Waals surface area contributed by atoms with Crippen LogP contribution in [-0.4, -0.2) is 44.1 Å². The Morgan fingerprint density at radius 2 is 2.06 bits per heavy atom. The van der Waals surface area contributed by atoms with Crippen LogP contribution in [0.5, 0.6) is 0 Å². The fourth-order valence-electron chi connectivity index (χ4n) is 1.68. The fraction of sp³-hybridized carbons (Fsp3) is 0.500. The SMILES string of the molecule is CC(C)c1cc2c(NC(CO)CO)nccn2n1. The van der Waals surface area contributed by atoms with Crippen molar-refractivity contribution in [3.05, 3.63) is 24.2 Å². The topological polar surface area (TPSA) is 82.7 Å². The molecule has 0 atom stereocenters. The van der Waals surface area contributed by atoms with Crippen LogP contribution in [0.25, 0.3) is 5.52 Å². The van der Waals surface area contributed by atoms with Crippen molar-refractivity contribution < 1.29 is 10.2 Å². The molecule has 98 valence electrons. The first-order valence-corrected chi connectivity index (χ1v) is 5.98. The van der Waals surface area contributed by atoms with Crippen LogP contribution < -0.4 is 5.32 Å². The van der Waals surface area contributed by atoms with Crippen molar-refractivity contribution in [2.75, 3.05) is 18.5 Å². The highest BCUT2D eigenvalue weighted by molar-refractivity contribution is 5.68. The lowest BCUT2D eigenvalue weighted by Crippen LogP contribution is -2.28. The molecule has 6 nitrogen and oxygen atoms in total. The minimum atomic E-state index is -0.416. The van der Waals surface area contributed by atoms with E-state index in [4.69, 9.17) is 10.2 Å². The van der Waals surface area contributed by atoms with Gasteiger partial charge in [-0.15, -0.1) is 0 Å². The van der Waals surface area contributed by atoms with E-state index in [9.17, 15) is 0 Å². The Morgan fingerprint density at radius 1 is 1.33 bits per heavy atom. The average Bonchev–Trinajstić information content (AvgIpc) is 2.80. The summed E-state index contributed by atoms with van der Waals surface area (Å²) >= 11 is 0. The lowest BCUT2D eigenvalue weighted by atomic mass is 10.1. The third-order valence-electron chi connectivity index (χ3n) is 2.78. The standard InChI is InChI=1S/C12H18N4O2/c1-8(2)10-5-11-12(14-9(6-17)7-18)13-3-4-16(11)15-10/h3-5,8-9,17-18H,6-7H2,1-2H3,(H,13,14). The minimum Gasteiger partial charge on any atom is -0.394 e. The molecule has 6 heteroatoms. The van der Waals surface area contributed by atoms with E-state index in [1.807, 2.05) is 6.07 Å². The van der Waals surface area contributed by atoms with Gasteiger partial charge in [0, 0.05) is 12.4 Å². The first-order chi connectivity index (χ1) is 8.65. The summed E-state index contributed by atoms with van der Waals surface area (Å²) in [6.07, 6.45) is 3.41. The molecular formula is C12H18N4O2. The Kier molecular flexibility index (Phi) is 3.78. The number of aliphatic hydroxyl groups excluding tert-OH is 2. The summed E-state index contributed by atoms with van der Waals surface area (Å²) in [5, 5.41) is 25.6. The Balaban J connectivity index is 2.38. The molecule has 0 aliphatic heterocycles. The molecule has 2 aromatic heterocycles. The fourth-order valence-corrected chi connectivity index (χ4v) is 1.68. The van der Waals surface area contributed by atoms with Crippen LogP contribution in [0, 0.1) is 0 Å². The van der Waals surface area contributed by atoms with Gasteiger partial charge in [0.15, 0.2) is 5.82 Å². The summed E-state index contributed by atoms with van der Waals surface area (Å²) in [5.74, 6) is 0.953. The first-order valence-electron chi connectivity index (χ1n) is 5.98. The van der Waals surface area contributed by atoms with Crippen LogP contribution in [0.4, 0.5) is 5.82 Å². The quantitative estimate of drug-likeness (QED) is 0.724. The van der Waals surface area contributed by atoms with Crippen molar-refractivity contribution in [1.29, 1.82) is 0 Å². The van der Waals surface area contributed by atoms with Crippen LogP contribution >= 0.6 is 0 Å². The van der Waals surface area contributed by atoms with Gasteiger partial charge in [-0.05, 0) is 12.0 Å². The van der Waals surface area contributed by atoms with E-state index in [2.05, 4.69) is 29.2 Å². The van der Waals surface area contributed by atoms with Crippen molar-refractivity contribution >= 4 is 11.3 Å². The highest BCUT2D eigenvalue weighted by Gasteiger charge is 2.12. The molecular weight excluding hydrogens is 232 g/mol. The summed E-state index contributed by atoms with van der Waals surface area (Å²) in [4.78, 5) is 4.22. The van der Waals surface area contributed by atoms with Gasteiger partial charge < -0.3 is 15.5 Å². The van der Waals surface area contributed by atoms with Crippen LogP contribution in [0.2, 0.25) is 0 Å². The molecule has 2 rings (SSSR count). The molecule has 0 bridgehead atoms. The maximum absolute atomic E-state index is 9.08. The zero-order valence-corrected chi connectivity index (χ0v) is 10.5. The summed E-state index contributed by atoms with van der Waals surface area (Å²) in [5.41, 5.74) is 1.82. The van der Waals surface area contributed by atoms with E-state index in [1.165, 1.54) is 0 Å². The number of hydrogen-bond acceptors (Lipinski definition) is 5. The zero-order valence-electron chi connectivity index (χ0n) is 10.5. The van der Waals surface area contributed by atoms with Crippen LogP contribution in [0.15, 0.2) is 18.5 Å². The largest absolute Gasteiger partial charge is 0.394 e. The second-order valence-electron chi connectivity index (χ2n) is 4.54. The number of rotatable bonds is 5. The number of aliphatic hydroxyl groups is 2. The zero-order chi connectivity index (χ0) is 13.1. The maximum atomic E-state index is 9.08. The second kappa shape index (κ2) is 5.32. The molecule has 0 amide bonds. The van der Waals surface area contributed by atoms with Crippen LogP contribution in [-0.2, 0) is 0 Å². The van der Waals surface area contributed by atoms with Crippen molar-refractivity contribution in [2.45, 2.75) is 25.8 Å². The molecule has 0 aliphatic carbocycles. The van der Waals surface area contributed by atoms with Gasteiger partial charge in [0.2, 0.25) is 0 Å². The lowest BCUT2D eigenvalue weighted by Gasteiger charge is -2.14. The van der Waals surface area contributed by atoms with E-state index in [1.54, 1.807) is 16.9 Å². The molecule has 0 unspecified atom stereocenters. The molecule has 3 N–H and O–H groups in total. The van der Waals surface area contributed by atoms with Gasteiger partial charge in [-0.2, -0.15) is 5.10 Å². The van der Waals surface area contributed by atoms with Gasteiger partial charge in [0.05, 0.1) is 24.9 Å². The van der Waals surface area contributed by atoms with Gasteiger partial charge in [-0.25, -0.2) is 9.50 Å². The van der Waals surface area contributed by atoms with Gasteiger partial charge in [-0.1, -0.05) is 13.8 Å². The van der Waals surface area contributed by atoms with E-state index < -0.39 is 6.04 Å². The highest BCUT2D eigenvalue weighted by atomic mass is 16.3. The van der Waals surface area contributed by atoms with Crippen molar-refractivity contribution in [3.8, 4) is 0 Å². The van der Waals surface area contributed by atoms with Gasteiger partial charge in [0.25, 0.3) is 0 Å². The highest BCUT2D eigenvalue weighted by Crippen LogP contribution is 2.20. The van der Waals surface area contributed by atoms with E-state index in [0.717, 1.165) is 11.2 Å². The number of hydrogen-bond donors (Lipinski definition) is 3. The Labute approximate surface area is 105 Å². The number of nitrogens with zero attached hydrogens (tertiary/aromatic N) is 3. The van der Waals surface area contributed by atoms with Crippen molar-refractivity contribution in [2.24, 2.45) is 0 Å². The number of fused-ring (bicyclic) bond motifs is 1.